The van der Waals surface area contributed by atoms with E-state index in [2.05, 4.69) is 0 Å². The maximum Gasteiger partial charge on any atom is 3.00 e. The van der Waals surface area contributed by atoms with Crippen molar-refractivity contribution in [2.75, 3.05) is 0 Å². The summed E-state index contributed by atoms with van der Waals surface area (Å²) in [6, 6.07) is 0. The van der Waals surface area contributed by atoms with E-state index in [1.54, 1.807) is 0 Å². The predicted octanol–water partition coefficient (Wildman–Crippen LogP) is -2.71. The Labute approximate surface area is 47.8 Å². The zero-order chi connectivity index (χ0) is 4.50. The maximum absolute atomic E-state index is 8.55. The zero-order valence-electron chi connectivity index (χ0n) is 3.53. The summed E-state index contributed by atoms with van der Waals surface area (Å²) < 4.78 is 8.55. The summed E-state index contributed by atoms with van der Waals surface area (Å²) in [5, 5.41) is 0. The van der Waals surface area contributed by atoms with Gasteiger partial charge in [0.15, 0.2) is 0 Å². The topological polar surface area (TPSA) is 86.2 Å². The van der Waals surface area contributed by atoms with Crippen molar-refractivity contribution in [2.45, 2.75) is 0 Å². The van der Waals surface area contributed by atoms with Crippen LogP contribution in [0.4, 0.5) is 0 Å². The first-order valence-electron chi connectivity index (χ1n) is 0.730. The van der Waals surface area contributed by atoms with Crippen molar-refractivity contribution in [3.63, 3.8) is 0 Å². The quantitative estimate of drug-likeness (QED) is 0.348. The Morgan fingerprint density at radius 2 is 1.33 bits per heavy atom. The predicted molar refractivity (Wildman–Crippen MR) is 8.72 cm³/mol. The van der Waals surface area contributed by atoms with E-state index in [0.717, 1.165) is 0 Å². The van der Waals surface area contributed by atoms with Crippen LogP contribution >= 0.6 is 7.82 Å². The van der Waals surface area contributed by atoms with Crippen LogP contribution in [0, 0.1) is 0 Å². The van der Waals surface area contributed by atoms with Crippen LogP contribution in [0.2, 0.25) is 0 Å². The largest absolute Gasteiger partial charge is 3.00 e. The second-order valence-electron chi connectivity index (χ2n) is 0.447. The van der Waals surface area contributed by atoms with Crippen LogP contribution in [0.1, 0.15) is 1.43 Å². The molecule has 0 aromatic heterocycles. The molecule has 0 saturated carbocycles. The van der Waals surface area contributed by atoms with Crippen molar-refractivity contribution in [2.24, 2.45) is 0 Å². The Bertz CT molecular complexity index is 57.8. The van der Waals surface area contributed by atoms with Gasteiger partial charge in [-0.25, -0.2) is 0 Å². The van der Waals surface area contributed by atoms with Gasteiger partial charge in [0.05, 0.1) is 0 Å². The average Bonchev–Trinajstić information content (AvgIpc) is 0.722. The molecule has 0 saturated heterocycles. The number of hydrogen-bond acceptors (Lipinski definition) is 4. The van der Waals surface area contributed by atoms with Gasteiger partial charge in [0, 0.05) is 0 Å². The fourth-order valence-electron chi connectivity index (χ4n) is 0. The van der Waals surface area contributed by atoms with Crippen molar-refractivity contribution >= 4 is 7.82 Å². The molecule has 0 aliphatic rings. The molecule has 0 fully saturated rings. The monoisotopic (exact) mass is 147 g/mol. The number of rotatable bonds is 0. The van der Waals surface area contributed by atoms with E-state index in [4.69, 9.17) is 19.2 Å². The molecule has 0 aromatic rings. The van der Waals surface area contributed by atoms with E-state index >= 15 is 0 Å². The summed E-state index contributed by atoms with van der Waals surface area (Å²) in [5.74, 6) is 0. The summed E-state index contributed by atoms with van der Waals surface area (Å²) in [4.78, 5) is 25.6. The molecule has 0 heterocycles. The fourth-order valence-corrected chi connectivity index (χ4v) is 0. The molecule has 6 heavy (non-hydrogen) atoms. The van der Waals surface area contributed by atoms with Gasteiger partial charge in [-0.15, -0.1) is 0 Å². The van der Waals surface area contributed by atoms with Gasteiger partial charge in [0.1, 0.15) is 0 Å². The normalized spacial score (nSPS) is 9.83. The Morgan fingerprint density at radius 3 is 1.33 bits per heavy atom. The zero-order valence-corrected chi connectivity index (χ0v) is 4.82. The van der Waals surface area contributed by atoms with Gasteiger partial charge in [-0.05, 0) is 0 Å². The van der Waals surface area contributed by atoms with Gasteiger partial charge in [-0.1, -0.05) is 0 Å². The third-order valence-electron chi connectivity index (χ3n) is 0. The fraction of sp³-hybridized carbons (Fsp3) is 0. The van der Waals surface area contributed by atoms with Crippen LogP contribution in [0.5, 0.6) is 0 Å². The van der Waals surface area contributed by atoms with E-state index in [-0.39, 0.29) is 20.0 Å². The van der Waals surface area contributed by atoms with E-state index in [1.807, 2.05) is 0 Å². The van der Waals surface area contributed by atoms with Crippen molar-refractivity contribution in [3.8, 4) is 0 Å². The first-order valence-corrected chi connectivity index (χ1v) is 2.19. The summed E-state index contributed by atoms with van der Waals surface area (Å²) in [6.07, 6.45) is 0. The minimum Gasteiger partial charge on any atom is -0.822 e. The molecule has 0 rings (SSSR count). The van der Waals surface area contributed by atoms with E-state index in [1.165, 1.54) is 0 Å². The summed E-state index contributed by atoms with van der Waals surface area (Å²) in [7, 11) is -5.39. The maximum atomic E-state index is 8.55. The van der Waals surface area contributed by atoms with Gasteiger partial charge in [-0.3, -0.25) is 0 Å². The average molecular weight is 147 g/mol. The second kappa shape index (κ2) is 2.80. The second-order valence-corrected chi connectivity index (χ2v) is 1.34. The Balaban J connectivity index is -0.0000000800. The first-order chi connectivity index (χ1) is 2.00. The van der Waals surface area contributed by atoms with Gasteiger partial charge in [0.2, 0.25) is 0 Å². The van der Waals surface area contributed by atoms with Crippen LogP contribution in [-0.4, -0.2) is 0 Å². The minimum absolute atomic E-state index is 0. The molecule has 34 valence electrons. The molecule has 0 bridgehead atoms. The van der Waals surface area contributed by atoms with Gasteiger partial charge < -0.3 is 19.2 Å². The summed E-state index contributed by atoms with van der Waals surface area (Å²) in [6.45, 7) is 0. The number of phosphoric acid groups is 1. The minimum atomic E-state index is -5.39. The SMILES string of the molecule is O=P([O-])([O-])[O-].[H+].[V+3]. The smallest absolute Gasteiger partial charge is 0.822 e. The molecule has 0 amide bonds. The molecule has 0 N–H and O–H groups in total. The standard InChI is InChI=1S/H3O4P.V/c1-5(2,3)4;/h(H3,1,2,3,4);/q;+3/p-2. The molecule has 0 aliphatic carbocycles. The van der Waals surface area contributed by atoms with Gasteiger partial charge in [0.25, 0.3) is 0 Å². The van der Waals surface area contributed by atoms with Gasteiger partial charge >= 0.3 is 20.0 Å². The van der Waals surface area contributed by atoms with E-state index < -0.39 is 7.82 Å². The molecule has 4 nitrogen and oxygen atoms in total. The van der Waals surface area contributed by atoms with Gasteiger partial charge in [-0.2, -0.15) is 7.82 Å². The molecular weight excluding hydrogens is 146 g/mol. The van der Waals surface area contributed by atoms with Crippen LogP contribution in [0.3, 0.4) is 0 Å². The molecule has 0 spiro atoms. The molecule has 0 aromatic carbocycles. The van der Waals surface area contributed by atoms with Crippen LogP contribution in [0.25, 0.3) is 0 Å². The van der Waals surface area contributed by atoms with Crippen molar-refractivity contribution in [1.82, 2.24) is 0 Å². The Hall–Kier alpha value is 0.694. The van der Waals surface area contributed by atoms with Crippen molar-refractivity contribution < 1.29 is 39.2 Å². The molecule has 0 radical (unpaired) electrons. The van der Waals surface area contributed by atoms with E-state index in [9.17, 15) is 0 Å². The summed E-state index contributed by atoms with van der Waals surface area (Å²) >= 11 is 0. The first kappa shape index (κ1) is 9.85. The molecule has 6 heteroatoms. The third kappa shape index (κ3) is 133. The van der Waals surface area contributed by atoms with Crippen LogP contribution < -0.4 is 14.7 Å². The number of hydrogen-bond donors (Lipinski definition) is 0. The molecular formula is HO4PV+. The third-order valence-corrected chi connectivity index (χ3v) is 0. The van der Waals surface area contributed by atoms with Crippen LogP contribution in [0.15, 0.2) is 0 Å². The van der Waals surface area contributed by atoms with Crippen molar-refractivity contribution in [1.29, 1.82) is 0 Å². The van der Waals surface area contributed by atoms with Crippen molar-refractivity contribution in [3.05, 3.63) is 0 Å². The molecule has 0 atom stereocenters. The molecule has 0 unspecified atom stereocenters. The van der Waals surface area contributed by atoms with E-state index in [0.29, 0.717) is 0 Å². The Morgan fingerprint density at radius 1 is 1.33 bits per heavy atom. The van der Waals surface area contributed by atoms with Crippen LogP contribution in [-0.2, 0) is 23.1 Å². The summed E-state index contributed by atoms with van der Waals surface area (Å²) in [5.41, 5.74) is 0. The Kier molecular flexibility index (Phi) is 4.60. The molecule has 0 aliphatic heterocycles.